The van der Waals surface area contributed by atoms with Crippen LogP contribution in [0.2, 0.25) is 0 Å². The summed E-state index contributed by atoms with van der Waals surface area (Å²) in [5.41, 5.74) is 2.37. The maximum atomic E-state index is 11.3. The third-order valence-electron chi connectivity index (χ3n) is 4.58. The zero-order valence-corrected chi connectivity index (χ0v) is 14.2. The Labute approximate surface area is 148 Å². The Kier molecular flexibility index (Phi) is 3.04. The predicted octanol–water partition coefficient (Wildman–Crippen LogP) is 3.99. The Hall–Kier alpha value is -3.09. The van der Waals surface area contributed by atoms with Gasteiger partial charge in [-0.15, -0.1) is 0 Å². The summed E-state index contributed by atoms with van der Waals surface area (Å²) in [7, 11) is -4.54. The van der Waals surface area contributed by atoms with Crippen LogP contribution >= 0.6 is 0 Å². The van der Waals surface area contributed by atoms with E-state index >= 15 is 0 Å². The van der Waals surface area contributed by atoms with E-state index in [1.165, 1.54) is 18.2 Å². The number of benzene rings is 4. The van der Waals surface area contributed by atoms with Crippen LogP contribution in [0.25, 0.3) is 43.6 Å². The van der Waals surface area contributed by atoms with Crippen LogP contribution in [0.5, 0.6) is 0 Å². The molecule has 1 heterocycles. The zero-order chi connectivity index (χ0) is 17.9. The molecule has 0 aliphatic rings. The molecule has 4 aromatic carbocycles. The van der Waals surface area contributed by atoms with Gasteiger partial charge in [0.15, 0.2) is 0 Å². The van der Waals surface area contributed by atoms with E-state index in [9.17, 15) is 13.0 Å². The first-order valence-corrected chi connectivity index (χ1v) is 9.40. The average Bonchev–Trinajstić information content (AvgIpc) is 2.66. The van der Waals surface area contributed by atoms with Crippen molar-refractivity contribution in [2.24, 2.45) is 0 Å². The highest BCUT2D eigenvalue weighted by molar-refractivity contribution is 7.85. The van der Waals surface area contributed by atoms with E-state index in [4.69, 9.17) is 4.98 Å². The topological polar surface area (TPSA) is 83.0 Å². The van der Waals surface area contributed by atoms with E-state index in [-0.39, 0.29) is 4.90 Å². The van der Waals surface area contributed by atoms with Gasteiger partial charge in [0.1, 0.15) is 10.1 Å². The molecule has 1 aromatic heterocycles. The SMILES string of the molecule is O=S(=O)([O-])c1ccc2nc3c4ccccc4c4ccccc4c3nc2c1. The number of nitrogens with zero attached hydrogens (tertiary/aromatic N) is 2. The highest BCUT2D eigenvalue weighted by atomic mass is 32.2. The molecule has 0 aliphatic heterocycles. The zero-order valence-electron chi connectivity index (χ0n) is 13.4. The van der Waals surface area contributed by atoms with Gasteiger partial charge in [0.25, 0.3) is 0 Å². The van der Waals surface area contributed by atoms with Gasteiger partial charge in [-0.1, -0.05) is 48.5 Å². The van der Waals surface area contributed by atoms with Crippen molar-refractivity contribution in [3.8, 4) is 0 Å². The Morgan fingerprint density at radius 2 is 1.15 bits per heavy atom. The van der Waals surface area contributed by atoms with E-state index in [0.717, 1.165) is 27.1 Å². The lowest BCUT2D eigenvalue weighted by Gasteiger charge is -2.11. The van der Waals surface area contributed by atoms with Crippen LogP contribution in [0.1, 0.15) is 0 Å². The van der Waals surface area contributed by atoms with Gasteiger partial charge in [0, 0.05) is 10.8 Å². The van der Waals surface area contributed by atoms with Gasteiger partial charge in [-0.05, 0) is 29.0 Å². The molecular weight excluding hydrogens is 348 g/mol. The fourth-order valence-electron chi connectivity index (χ4n) is 3.41. The molecule has 0 atom stereocenters. The summed E-state index contributed by atoms with van der Waals surface area (Å²) in [6.07, 6.45) is 0. The fraction of sp³-hybridized carbons (Fsp3) is 0. The van der Waals surface area contributed by atoms with Gasteiger partial charge in [-0.3, -0.25) is 0 Å². The second-order valence-corrected chi connectivity index (χ2v) is 7.50. The summed E-state index contributed by atoms with van der Waals surface area (Å²) in [6, 6.07) is 20.0. The molecule has 0 aliphatic carbocycles. The van der Waals surface area contributed by atoms with Crippen molar-refractivity contribution in [1.82, 2.24) is 9.97 Å². The van der Waals surface area contributed by atoms with Crippen LogP contribution in [0, 0.1) is 0 Å². The highest BCUT2D eigenvalue weighted by Gasteiger charge is 2.12. The minimum atomic E-state index is -4.54. The number of rotatable bonds is 1. The first kappa shape index (κ1) is 15.2. The molecule has 0 fully saturated rings. The summed E-state index contributed by atoms with van der Waals surface area (Å²) in [5.74, 6) is 0. The second-order valence-electron chi connectivity index (χ2n) is 6.12. The van der Waals surface area contributed by atoms with E-state index < -0.39 is 10.1 Å². The molecule has 0 N–H and O–H groups in total. The summed E-state index contributed by atoms with van der Waals surface area (Å²) in [5, 5.41) is 4.06. The van der Waals surface area contributed by atoms with Gasteiger partial charge in [0.05, 0.1) is 27.0 Å². The maximum Gasteiger partial charge on any atom is 0.124 e. The van der Waals surface area contributed by atoms with Crippen LogP contribution in [0.4, 0.5) is 0 Å². The Morgan fingerprint density at radius 3 is 1.69 bits per heavy atom. The normalized spacial score (nSPS) is 12.3. The average molecular weight is 359 g/mol. The van der Waals surface area contributed by atoms with Gasteiger partial charge in [-0.25, -0.2) is 18.4 Å². The molecule has 0 bridgehead atoms. The molecule has 0 unspecified atom stereocenters. The van der Waals surface area contributed by atoms with Gasteiger partial charge in [-0.2, -0.15) is 0 Å². The molecule has 0 saturated carbocycles. The lowest BCUT2D eigenvalue weighted by atomic mass is 9.99. The number of hydrogen-bond donors (Lipinski definition) is 0. The first-order chi connectivity index (χ1) is 12.5. The number of hydrogen-bond acceptors (Lipinski definition) is 5. The first-order valence-electron chi connectivity index (χ1n) is 7.99. The molecule has 6 heteroatoms. The van der Waals surface area contributed by atoms with Crippen LogP contribution < -0.4 is 0 Å². The molecule has 0 spiro atoms. The van der Waals surface area contributed by atoms with Gasteiger partial charge < -0.3 is 4.55 Å². The molecule has 5 aromatic rings. The third-order valence-corrected chi connectivity index (χ3v) is 5.41. The summed E-state index contributed by atoms with van der Waals surface area (Å²) < 4.78 is 34.0. The molecule has 5 nitrogen and oxygen atoms in total. The summed E-state index contributed by atoms with van der Waals surface area (Å²) in [6.45, 7) is 0. The summed E-state index contributed by atoms with van der Waals surface area (Å²) in [4.78, 5) is 9.08. The quantitative estimate of drug-likeness (QED) is 0.257. The lowest BCUT2D eigenvalue weighted by molar-refractivity contribution is 0.463. The Balaban J connectivity index is 2.03. The fourth-order valence-corrected chi connectivity index (χ4v) is 3.90. The van der Waals surface area contributed by atoms with E-state index in [1.807, 2.05) is 42.5 Å². The van der Waals surface area contributed by atoms with E-state index in [2.05, 4.69) is 11.1 Å². The van der Waals surface area contributed by atoms with Crippen molar-refractivity contribution >= 4 is 53.7 Å². The van der Waals surface area contributed by atoms with Crippen molar-refractivity contribution in [2.45, 2.75) is 4.90 Å². The van der Waals surface area contributed by atoms with Gasteiger partial charge in [0.2, 0.25) is 0 Å². The number of fused-ring (bicyclic) bond motifs is 7. The Morgan fingerprint density at radius 1 is 0.654 bits per heavy atom. The van der Waals surface area contributed by atoms with Crippen LogP contribution in [0.15, 0.2) is 71.6 Å². The molecule has 0 amide bonds. The summed E-state index contributed by atoms with van der Waals surface area (Å²) >= 11 is 0. The third kappa shape index (κ3) is 2.16. The molecule has 5 rings (SSSR count). The van der Waals surface area contributed by atoms with Crippen molar-refractivity contribution in [3.05, 3.63) is 66.7 Å². The maximum absolute atomic E-state index is 11.3. The van der Waals surface area contributed by atoms with Crippen molar-refractivity contribution < 1.29 is 13.0 Å². The van der Waals surface area contributed by atoms with E-state index in [1.54, 1.807) is 0 Å². The Bertz CT molecular complexity index is 1460. The predicted molar refractivity (Wildman–Crippen MR) is 100 cm³/mol. The lowest BCUT2D eigenvalue weighted by Crippen LogP contribution is -1.99. The minimum absolute atomic E-state index is 0.302. The number of aromatic nitrogens is 2. The molecule has 0 saturated heterocycles. The minimum Gasteiger partial charge on any atom is -0.744 e. The van der Waals surface area contributed by atoms with Crippen LogP contribution in [-0.2, 0) is 10.1 Å². The van der Waals surface area contributed by atoms with Crippen molar-refractivity contribution in [2.75, 3.05) is 0 Å². The van der Waals surface area contributed by atoms with Crippen molar-refractivity contribution in [1.29, 1.82) is 0 Å². The van der Waals surface area contributed by atoms with E-state index in [0.29, 0.717) is 16.6 Å². The smallest absolute Gasteiger partial charge is 0.124 e. The van der Waals surface area contributed by atoms with Crippen LogP contribution in [-0.4, -0.2) is 22.9 Å². The molecular formula is C20H11N2O3S-. The largest absolute Gasteiger partial charge is 0.744 e. The van der Waals surface area contributed by atoms with Gasteiger partial charge >= 0.3 is 0 Å². The molecule has 126 valence electrons. The van der Waals surface area contributed by atoms with Crippen molar-refractivity contribution in [3.63, 3.8) is 0 Å². The highest BCUT2D eigenvalue weighted by Crippen LogP contribution is 2.34. The standard InChI is InChI=1S/C20H12N2O3S/c23-26(24,25)12-9-10-17-18(11-12)22-20-16-8-4-2-6-14(16)13-5-1-3-7-15(13)19(20)21-17/h1-11H,(H,23,24,25)/p-1. The monoisotopic (exact) mass is 359 g/mol. The molecule has 0 radical (unpaired) electrons. The second kappa shape index (κ2) is 5.20. The molecule has 26 heavy (non-hydrogen) atoms. The van der Waals surface area contributed by atoms with Crippen LogP contribution in [0.3, 0.4) is 0 Å².